The van der Waals surface area contributed by atoms with Gasteiger partial charge in [-0.15, -0.1) is 0 Å². The smallest absolute Gasteiger partial charge is 0.277 e. The lowest BCUT2D eigenvalue weighted by atomic mass is 10.2. The van der Waals surface area contributed by atoms with Gasteiger partial charge in [0.1, 0.15) is 11.5 Å². The number of amides is 1. The monoisotopic (exact) mass is 298 g/mol. The molecule has 0 aliphatic carbocycles. The van der Waals surface area contributed by atoms with Crippen molar-refractivity contribution in [2.75, 3.05) is 13.7 Å². The first-order chi connectivity index (χ1) is 10.7. The van der Waals surface area contributed by atoms with Crippen LogP contribution >= 0.6 is 0 Å². The third-order valence-electron chi connectivity index (χ3n) is 2.91. The first-order valence-electron chi connectivity index (χ1n) is 6.83. The second kappa shape index (κ2) is 7.83. The van der Waals surface area contributed by atoms with E-state index in [1.165, 1.54) is 5.56 Å². The first-order valence-corrected chi connectivity index (χ1v) is 6.83. The molecule has 0 radical (unpaired) electrons. The van der Waals surface area contributed by atoms with Crippen molar-refractivity contribution in [3.05, 3.63) is 59.7 Å². The summed E-state index contributed by atoms with van der Waals surface area (Å²) >= 11 is 0. The number of aryl methyl sites for hydroxylation is 1. The Morgan fingerprint density at radius 3 is 2.36 bits per heavy atom. The first kappa shape index (κ1) is 15.6. The molecule has 2 aromatic carbocycles. The Labute approximate surface area is 129 Å². The van der Waals surface area contributed by atoms with Crippen LogP contribution in [-0.4, -0.2) is 25.8 Å². The quantitative estimate of drug-likeness (QED) is 0.658. The normalized spacial score (nSPS) is 10.5. The number of benzene rings is 2. The summed E-state index contributed by atoms with van der Waals surface area (Å²) in [7, 11) is 1.59. The van der Waals surface area contributed by atoms with Gasteiger partial charge in [0.2, 0.25) is 0 Å². The fraction of sp³-hybridized carbons (Fsp3) is 0.176. The lowest BCUT2D eigenvalue weighted by molar-refractivity contribution is -0.123. The fourth-order valence-electron chi connectivity index (χ4n) is 1.68. The van der Waals surface area contributed by atoms with Crippen molar-refractivity contribution in [1.82, 2.24) is 5.43 Å². The van der Waals surface area contributed by atoms with Crippen LogP contribution in [0, 0.1) is 6.92 Å². The molecule has 0 saturated heterocycles. The number of nitrogens with one attached hydrogen (secondary N) is 1. The number of methoxy groups -OCH3 is 1. The second-order valence-electron chi connectivity index (χ2n) is 4.67. The summed E-state index contributed by atoms with van der Waals surface area (Å²) in [5.74, 6) is 1.01. The lowest BCUT2D eigenvalue weighted by Gasteiger charge is -2.05. The Bertz CT molecular complexity index is 634. The van der Waals surface area contributed by atoms with Gasteiger partial charge in [-0.05, 0) is 36.8 Å². The maximum Gasteiger partial charge on any atom is 0.277 e. The maximum absolute atomic E-state index is 11.6. The Kier molecular flexibility index (Phi) is 5.54. The molecule has 0 fully saturated rings. The number of hydrogen-bond donors (Lipinski definition) is 1. The zero-order chi connectivity index (χ0) is 15.8. The summed E-state index contributed by atoms with van der Waals surface area (Å²) < 4.78 is 10.4. The molecular formula is C17H18N2O3. The summed E-state index contributed by atoms with van der Waals surface area (Å²) in [5, 5.41) is 3.89. The van der Waals surface area contributed by atoms with Gasteiger partial charge in [0.05, 0.1) is 13.3 Å². The Hall–Kier alpha value is -2.82. The largest absolute Gasteiger partial charge is 0.497 e. The van der Waals surface area contributed by atoms with Crippen molar-refractivity contribution in [2.24, 2.45) is 5.10 Å². The standard InChI is InChI=1S/C17H18N2O3/c1-13-3-5-14(6-4-13)11-18-19-17(20)12-22-16-9-7-15(21-2)8-10-16/h3-11H,12H2,1-2H3,(H,19,20)/b18-11-. The van der Waals surface area contributed by atoms with Gasteiger partial charge in [0.25, 0.3) is 5.91 Å². The van der Waals surface area contributed by atoms with Gasteiger partial charge in [-0.1, -0.05) is 29.8 Å². The van der Waals surface area contributed by atoms with Crippen LogP contribution in [0.2, 0.25) is 0 Å². The molecule has 2 aromatic rings. The Morgan fingerprint density at radius 2 is 1.73 bits per heavy atom. The highest BCUT2D eigenvalue weighted by molar-refractivity contribution is 5.82. The molecule has 5 nitrogen and oxygen atoms in total. The van der Waals surface area contributed by atoms with Gasteiger partial charge in [-0.3, -0.25) is 4.79 Å². The van der Waals surface area contributed by atoms with Crippen molar-refractivity contribution >= 4 is 12.1 Å². The summed E-state index contributed by atoms with van der Waals surface area (Å²) in [6.07, 6.45) is 1.59. The van der Waals surface area contributed by atoms with Crippen LogP contribution < -0.4 is 14.9 Å². The van der Waals surface area contributed by atoms with Gasteiger partial charge in [-0.2, -0.15) is 5.10 Å². The zero-order valence-electron chi connectivity index (χ0n) is 12.6. The van der Waals surface area contributed by atoms with Gasteiger partial charge < -0.3 is 9.47 Å². The van der Waals surface area contributed by atoms with Crippen LogP contribution in [0.25, 0.3) is 0 Å². The van der Waals surface area contributed by atoms with Crippen molar-refractivity contribution in [2.45, 2.75) is 6.92 Å². The molecular weight excluding hydrogens is 280 g/mol. The minimum Gasteiger partial charge on any atom is -0.497 e. The average molecular weight is 298 g/mol. The molecule has 0 aliphatic rings. The van der Waals surface area contributed by atoms with Crippen LogP contribution in [0.3, 0.4) is 0 Å². The molecule has 1 N–H and O–H groups in total. The van der Waals surface area contributed by atoms with Gasteiger partial charge in [0, 0.05) is 0 Å². The maximum atomic E-state index is 11.6. The number of ether oxygens (including phenoxy) is 2. The fourth-order valence-corrected chi connectivity index (χ4v) is 1.68. The van der Waals surface area contributed by atoms with Crippen molar-refractivity contribution in [1.29, 1.82) is 0 Å². The highest BCUT2D eigenvalue weighted by atomic mass is 16.5. The average Bonchev–Trinajstić information content (AvgIpc) is 2.55. The number of carbonyl (C=O) groups is 1. The molecule has 0 unspecified atom stereocenters. The van der Waals surface area contributed by atoms with Crippen LogP contribution in [0.5, 0.6) is 11.5 Å². The summed E-state index contributed by atoms with van der Waals surface area (Å²) in [4.78, 5) is 11.6. The summed E-state index contributed by atoms with van der Waals surface area (Å²) in [5.41, 5.74) is 4.51. The number of carbonyl (C=O) groups excluding carboxylic acids is 1. The van der Waals surface area contributed by atoms with E-state index in [0.29, 0.717) is 5.75 Å². The highest BCUT2D eigenvalue weighted by Crippen LogP contribution is 2.16. The predicted molar refractivity (Wildman–Crippen MR) is 85.4 cm³/mol. The number of nitrogens with zero attached hydrogens (tertiary/aromatic N) is 1. The van der Waals surface area contributed by atoms with Crippen LogP contribution in [0.15, 0.2) is 53.6 Å². The predicted octanol–water partition coefficient (Wildman–Crippen LogP) is 2.53. The SMILES string of the molecule is COc1ccc(OCC(=O)N/N=C\c2ccc(C)cc2)cc1. The molecule has 0 bridgehead atoms. The van der Waals surface area contributed by atoms with E-state index in [4.69, 9.17) is 9.47 Å². The topological polar surface area (TPSA) is 59.9 Å². The third kappa shape index (κ3) is 4.94. The molecule has 2 rings (SSSR count). The number of hydrogen-bond acceptors (Lipinski definition) is 4. The molecule has 1 amide bonds. The van der Waals surface area contributed by atoms with E-state index in [-0.39, 0.29) is 12.5 Å². The zero-order valence-corrected chi connectivity index (χ0v) is 12.6. The molecule has 0 atom stereocenters. The Balaban J connectivity index is 1.76. The number of rotatable bonds is 6. The second-order valence-corrected chi connectivity index (χ2v) is 4.67. The molecule has 0 spiro atoms. The van der Waals surface area contributed by atoms with Crippen molar-refractivity contribution in [3.63, 3.8) is 0 Å². The Morgan fingerprint density at radius 1 is 1.09 bits per heavy atom. The van der Waals surface area contributed by atoms with E-state index in [2.05, 4.69) is 10.5 Å². The third-order valence-corrected chi connectivity index (χ3v) is 2.91. The molecule has 0 aromatic heterocycles. The van der Waals surface area contributed by atoms with Crippen molar-refractivity contribution < 1.29 is 14.3 Å². The van der Waals surface area contributed by atoms with E-state index in [1.807, 2.05) is 31.2 Å². The van der Waals surface area contributed by atoms with Crippen LogP contribution in [-0.2, 0) is 4.79 Å². The van der Waals surface area contributed by atoms with Crippen LogP contribution in [0.4, 0.5) is 0 Å². The number of hydrazone groups is 1. The van der Waals surface area contributed by atoms with E-state index in [1.54, 1.807) is 37.6 Å². The van der Waals surface area contributed by atoms with Gasteiger partial charge >= 0.3 is 0 Å². The highest BCUT2D eigenvalue weighted by Gasteiger charge is 2.01. The van der Waals surface area contributed by atoms with E-state index in [9.17, 15) is 4.79 Å². The molecule has 114 valence electrons. The minimum absolute atomic E-state index is 0.0996. The van der Waals surface area contributed by atoms with E-state index < -0.39 is 0 Å². The molecule has 22 heavy (non-hydrogen) atoms. The van der Waals surface area contributed by atoms with Gasteiger partial charge in [-0.25, -0.2) is 5.43 Å². The lowest BCUT2D eigenvalue weighted by Crippen LogP contribution is -2.24. The van der Waals surface area contributed by atoms with Crippen LogP contribution in [0.1, 0.15) is 11.1 Å². The molecule has 0 saturated carbocycles. The van der Waals surface area contributed by atoms with Crippen molar-refractivity contribution in [3.8, 4) is 11.5 Å². The molecule has 0 aliphatic heterocycles. The minimum atomic E-state index is -0.320. The van der Waals surface area contributed by atoms with E-state index in [0.717, 1.165) is 11.3 Å². The summed E-state index contributed by atoms with van der Waals surface area (Å²) in [6.45, 7) is 1.91. The summed E-state index contributed by atoms with van der Waals surface area (Å²) in [6, 6.07) is 14.8. The molecule has 5 heteroatoms. The molecule has 0 heterocycles. The van der Waals surface area contributed by atoms with E-state index >= 15 is 0 Å². The van der Waals surface area contributed by atoms with Gasteiger partial charge in [0.15, 0.2) is 6.61 Å².